The molecule has 1 nitrogen and oxygen atoms in total. The van der Waals surface area contributed by atoms with Gasteiger partial charge in [0.15, 0.2) is 11.6 Å². The van der Waals surface area contributed by atoms with Crippen molar-refractivity contribution in [2.45, 2.75) is 40.5 Å². The molecule has 2 heteroatoms. The van der Waals surface area contributed by atoms with Crippen molar-refractivity contribution in [2.24, 2.45) is 0 Å². The summed E-state index contributed by atoms with van der Waals surface area (Å²) in [6, 6.07) is 5.16. The zero-order chi connectivity index (χ0) is 11.7. The average molecular weight is 212 g/mol. The van der Waals surface area contributed by atoms with E-state index in [4.69, 9.17) is 4.74 Å². The molecule has 0 amide bonds. The molecule has 0 radical (unpaired) electrons. The molecule has 0 saturated carbocycles. The Morgan fingerprint density at radius 3 is 2.33 bits per heavy atom. The van der Waals surface area contributed by atoms with Gasteiger partial charge in [-0.1, -0.05) is 33.3 Å². The Bertz CT molecular complexity index is 271. The van der Waals surface area contributed by atoms with Crippen molar-refractivity contribution >= 4 is 0 Å². The Labute approximate surface area is 92.3 Å². The molecule has 0 bridgehead atoms. The number of halogens is 1. The van der Waals surface area contributed by atoms with Gasteiger partial charge in [-0.05, 0) is 31.0 Å². The summed E-state index contributed by atoms with van der Waals surface area (Å²) in [5.74, 6) is 0.0927. The minimum absolute atomic E-state index is 0.257. The van der Waals surface area contributed by atoms with Gasteiger partial charge in [0, 0.05) is 0 Å². The first kappa shape index (κ1) is 13.9. The molecular formula is C13H21FO. The standard InChI is InChI=1S/C11H15FO.C2H6/c1-3-5-9-6-7-11(13-4-2)10(12)8-9;1-2/h6-8H,3-5H2,1-2H3;1-2H3. The van der Waals surface area contributed by atoms with Crippen molar-refractivity contribution in [3.63, 3.8) is 0 Å². The van der Waals surface area contributed by atoms with Crippen LogP contribution in [0.15, 0.2) is 18.2 Å². The van der Waals surface area contributed by atoms with Crippen LogP contribution in [0.5, 0.6) is 5.75 Å². The molecular weight excluding hydrogens is 191 g/mol. The largest absolute Gasteiger partial charge is 0.491 e. The predicted octanol–water partition coefficient (Wildman–Crippen LogP) is 4.20. The zero-order valence-electron chi connectivity index (χ0n) is 10.1. The summed E-state index contributed by atoms with van der Waals surface area (Å²) >= 11 is 0. The molecule has 0 heterocycles. The Morgan fingerprint density at radius 1 is 1.20 bits per heavy atom. The molecule has 0 aliphatic heterocycles. The van der Waals surface area contributed by atoms with Gasteiger partial charge in [-0.25, -0.2) is 4.39 Å². The molecule has 0 aromatic heterocycles. The van der Waals surface area contributed by atoms with Gasteiger partial charge in [0.2, 0.25) is 0 Å². The molecule has 0 N–H and O–H groups in total. The van der Waals surface area contributed by atoms with E-state index in [9.17, 15) is 4.39 Å². The van der Waals surface area contributed by atoms with Crippen molar-refractivity contribution in [1.29, 1.82) is 0 Å². The maximum atomic E-state index is 13.2. The van der Waals surface area contributed by atoms with Crippen LogP contribution in [0, 0.1) is 5.82 Å². The molecule has 0 aliphatic rings. The first-order valence-corrected chi connectivity index (χ1v) is 5.69. The van der Waals surface area contributed by atoms with E-state index in [-0.39, 0.29) is 5.82 Å². The fourth-order valence-corrected chi connectivity index (χ4v) is 1.26. The van der Waals surface area contributed by atoms with Crippen LogP contribution in [-0.4, -0.2) is 6.61 Å². The minimum Gasteiger partial charge on any atom is -0.491 e. The Hall–Kier alpha value is -1.05. The highest BCUT2D eigenvalue weighted by Gasteiger charge is 2.02. The Balaban J connectivity index is 0.000000921. The quantitative estimate of drug-likeness (QED) is 0.726. The smallest absolute Gasteiger partial charge is 0.165 e. The molecule has 0 atom stereocenters. The van der Waals surface area contributed by atoms with E-state index in [1.165, 1.54) is 0 Å². The third-order valence-corrected chi connectivity index (χ3v) is 1.83. The lowest BCUT2D eigenvalue weighted by Crippen LogP contribution is -1.95. The number of rotatable bonds is 4. The van der Waals surface area contributed by atoms with Crippen molar-refractivity contribution in [2.75, 3.05) is 6.61 Å². The highest BCUT2D eigenvalue weighted by Crippen LogP contribution is 2.18. The number of hydrogen-bond acceptors (Lipinski definition) is 1. The molecule has 86 valence electrons. The van der Waals surface area contributed by atoms with Crippen molar-refractivity contribution in [3.05, 3.63) is 29.6 Å². The van der Waals surface area contributed by atoms with Gasteiger partial charge in [-0.3, -0.25) is 0 Å². The molecule has 0 spiro atoms. The Kier molecular flexibility index (Phi) is 7.69. The predicted molar refractivity (Wildman–Crippen MR) is 62.9 cm³/mol. The first-order chi connectivity index (χ1) is 7.27. The summed E-state index contributed by atoms with van der Waals surface area (Å²) in [6.07, 6.45) is 1.96. The first-order valence-electron chi connectivity index (χ1n) is 5.69. The van der Waals surface area contributed by atoms with Crippen LogP contribution >= 0.6 is 0 Å². The van der Waals surface area contributed by atoms with E-state index in [0.29, 0.717) is 12.4 Å². The van der Waals surface area contributed by atoms with Crippen molar-refractivity contribution < 1.29 is 9.13 Å². The summed E-state index contributed by atoms with van der Waals surface area (Å²) in [7, 11) is 0. The number of aryl methyl sites for hydroxylation is 1. The van der Waals surface area contributed by atoms with Gasteiger partial charge in [0.05, 0.1) is 6.61 Å². The third kappa shape index (κ3) is 4.82. The lowest BCUT2D eigenvalue weighted by atomic mass is 10.1. The van der Waals surface area contributed by atoms with Crippen LogP contribution in [-0.2, 0) is 6.42 Å². The Morgan fingerprint density at radius 2 is 1.87 bits per heavy atom. The lowest BCUT2D eigenvalue weighted by molar-refractivity contribution is 0.321. The van der Waals surface area contributed by atoms with Crippen LogP contribution in [0.25, 0.3) is 0 Å². The fourth-order valence-electron chi connectivity index (χ4n) is 1.26. The maximum absolute atomic E-state index is 13.2. The highest BCUT2D eigenvalue weighted by atomic mass is 19.1. The summed E-state index contributed by atoms with van der Waals surface area (Å²) in [4.78, 5) is 0. The van der Waals surface area contributed by atoms with Crippen molar-refractivity contribution in [1.82, 2.24) is 0 Å². The third-order valence-electron chi connectivity index (χ3n) is 1.83. The van der Waals surface area contributed by atoms with E-state index in [0.717, 1.165) is 18.4 Å². The SMILES string of the molecule is CC.CCCc1ccc(OCC)c(F)c1. The molecule has 0 aliphatic carbocycles. The van der Waals surface area contributed by atoms with E-state index in [1.807, 2.05) is 26.8 Å². The van der Waals surface area contributed by atoms with Gasteiger partial charge >= 0.3 is 0 Å². The number of ether oxygens (including phenoxy) is 1. The number of hydrogen-bond donors (Lipinski definition) is 0. The molecule has 0 saturated heterocycles. The molecule has 0 unspecified atom stereocenters. The number of benzene rings is 1. The van der Waals surface area contributed by atoms with Crippen LogP contribution in [0.4, 0.5) is 4.39 Å². The molecule has 1 rings (SSSR count). The molecule has 15 heavy (non-hydrogen) atoms. The minimum atomic E-state index is -0.257. The fraction of sp³-hybridized carbons (Fsp3) is 0.538. The van der Waals surface area contributed by atoms with Crippen LogP contribution in [0.1, 0.15) is 39.7 Å². The van der Waals surface area contributed by atoms with E-state index < -0.39 is 0 Å². The monoisotopic (exact) mass is 212 g/mol. The lowest BCUT2D eigenvalue weighted by Gasteiger charge is -2.05. The zero-order valence-corrected chi connectivity index (χ0v) is 10.1. The van der Waals surface area contributed by atoms with Crippen LogP contribution in [0.2, 0.25) is 0 Å². The normalized spacial score (nSPS) is 9.13. The van der Waals surface area contributed by atoms with Gasteiger partial charge in [0.25, 0.3) is 0 Å². The van der Waals surface area contributed by atoms with Crippen LogP contribution < -0.4 is 4.74 Å². The van der Waals surface area contributed by atoms with Gasteiger partial charge < -0.3 is 4.74 Å². The van der Waals surface area contributed by atoms with E-state index >= 15 is 0 Å². The summed E-state index contributed by atoms with van der Waals surface area (Å²) in [6.45, 7) is 8.43. The van der Waals surface area contributed by atoms with Gasteiger partial charge in [0.1, 0.15) is 0 Å². The second kappa shape index (κ2) is 8.27. The summed E-state index contributed by atoms with van der Waals surface area (Å²) < 4.78 is 18.3. The summed E-state index contributed by atoms with van der Waals surface area (Å²) in [5.41, 5.74) is 1.03. The average Bonchev–Trinajstić information content (AvgIpc) is 2.26. The second-order valence-corrected chi connectivity index (χ2v) is 2.95. The highest BCUT2D eigenvalue weighted by molar-refractivity contribution is 5.29. The molecule has 1 aromatic carbocycles. The molecule has 1 aromatic rings. The topological polar surface area (TPSA) is 9.23 Å². The molecule has 0 fully saturated rings. The van der Waals surface area contributed by atoms with Crippen LogP contribution in [0.3, 0.4) is 0 Å². The van der Waals surface area contributed by atoms with E-state index in [2.05, 4.69) is 6.92 Å². The second-order valence-electron chi connectivity index (χ2n) is 2.95. The van der Waals surface area contributed by atoms with Crippen molar-refractivity contribution in [3.8, 4) is 5.75 Å². The summed E-state index contributed by atoms with van der Waals surface area (Å²) in [5, 5.41) is 0. The van der Waals surface area contributed by atoms with Gasteiger partial charge in [-0.15, -0.1) is 0 Å². The maximum Gasteiger partial charge on any atom is 0.165 e. The van der Waals surface area contributed by atoms with Gasteiger partial charge in [-0.2, -0.15) is 0 Å². The van der Waals surface area contributed by atoms with E-state index in [1.54, 1.807) is 12.1 Å².